The molecule has 2 aliphatic heterocycles. The maximum atomic E-state index is 13.4. The lowest BCUT2D eigenvalue weighted by molar-refractivity contribution is -0.131. The highest BCUT2D eigenvalue weighted by Gasteiger charge is 2.52. The van der Waals surface area contributed by atoms with Crippen molar-refractivity contribution in [1.29, 1.82) is 0 Å². The molecule has 32 heavy (non-hydrogen) atoms. The summed E-state index contributed by atoms with van der Waals surface area (Å²) in [6.07, 6.45) is 5.35. The van der Waals surface area contributed by atoms with Crippen molar-refractivity contribution in [2.24, 2.45) is 0 Å². The Labute approximate surface area is 188 Å². The largest absolute Gasteiger partial charge is 0.338 e. The lowest BCUT2D eigenvalue weighted by atomic mass is 9.71. The molecule has 0 saturated carbocycles. The van der Waals surface area contributed by atoms with Crippen molar-refractivity contribution in [3.05, 3.63) is 102 Å². The van der Waals surface area contributed by atoms with Crippen LogP contribution in [0.4, 0.5) is 0 Å². The van der Waals surface area contributed by atoms with Gasteiger partial charge in [-0.3, -0.25) is 14.6 Å². The van der Waals surface area contributed by atoms with Gasteiger partial charge in [0.2, 0.25) is 5.91 Å². The first-order valence-corrected chi connectivity index (χ1v) is 11.3. The van der Waals surface area contributed by atoms with Gasteiger partial charge in [0.05, 0.1) is 6.04 Å². The minimum absolute atomic E-state index is 0.0143. The number of likely N-dealkylation sites (tertiary alicyclic amines) is 2. The van der Waals surface area contributed by atoms with Crippen LogP contribution in [0, 0.1) is 0 Å². The minimum atomic E-state index is -0.217. The molecular formula is C27H27N3O2. The third-order valence-corrected chi connectivity index (χ3v) is 7.11. The number of aromatic nitrogens is 1. The normalized spacial score (nSPS) is 23.0. The molecule has 5 rings (SSSR count). The zero-order chi connectivity index (χ0) is 22.0. The number of carbonyl (C=O) groups is 2. The lowest BCUT2D eigenvalue weighted by Gasteiger charge is -2.36. The van der Waals surface area contributed by atoms with Gasteiger partial charge in [0, 0.05) is 49.4 Å². The first-order valence-electron chi connectivity index (χ1n) is 11.3. The molecule has 3 aromatic rings. The number of fused-ring (bicyclic) bond motifs is 1. The number of rotatable bonds is 4. The topological polar surface area (TPSA) is 53.5 Å². The van der Waals surface area contributed by atoms with Gasteiger partial charge in [-0.05, 0) is 36.1 Å². The summed E-state index contributed by atoms with van der Waals surface area (Å²) in [5.41, 5.74) is 2.77. The molecule has 5 nitrogen and oxygen atoms in total. The molecule has 3 heterocycles. The summed E-state index contributed by atoms with van der Waals surface area (Å²) in [6.45, 7) is 1.96. The fourth-order valence-electron chi connectivity index (χ4n) is 5.42. The Morgan fingerprint density at radius 2 is 1.56 bits per heavy atom. The molecule has 0 N–H and O–H groups in total. The van der Waals surface area contributed by atoms with Crippen molar-refractivity contribution in [3.8, 4) is 0 Å². The fraction of sp³-hybridized carbons (Fsp3) is 0.296. The Morgan fingerprint density at radius 3 is 2.28 bits per heavy atom. The predicted octanol–water partition coefficient (Wildman–Crippen LogP) is 4.06. The van der Waals surface area contributed by atoms with E-state index >= 15 is 0 Å². The molecular weight excluding hydrogens is 398 g/mol. The van der Waals surface area contributed by atoms with E-state index in [1.54, 1.807) is 24.5 Å². The summed E-state index contributed by atoms with van der Waals surface area (Å²) in [5, 5.41) is 0. The molecule has 5 heteroatoms. The first-order chi connectivity index (χ1) is 15.7. The Morgan fingerprint density at radius 1 is 0.906 bits per heavy atom. The Balaban J connectivity index is 1.49. The van der Waals surface area contributed by atoms with Crippen molar-refractivity contribution >= 4 is 11.8 Å². The molecule has 0 spiro atoms. The minimum Gasteiger partial charge on any atom is -0.338 e. The Bertz CT molecular complexity index is 1090. The molecule has 162 valence electrons. The molecule has 0 aliphatic carbocycles. The summed E-state index contributed by atoms with van der Waals surface area (Å²) < 4.78 is 0. The summed E-state index contributed by atoms with van der Waals surface area (Å²) in [7, 11) is 0. The quantitative estimate of drug-likeness (QED) is 0.634. The van der Waals surface area contributed by atoms with Gasteiger partial charge in [-0.25, -0.2) is 0 Å². The Kier molecular flexibility index (Phi) is 5.48. The van der Waals surface area contributed by atoms with Crippen molar-refractivity contribution in [2.75, 3.05) is 13.1 Å². The number of amides is 2. The summed E-state index contributed by atoms with van der Waals surface area (Å²) >= 11 is 0. The summed E-state index contributed by atoms with van der Waals surface area (Å²) in [5.74, 6) is 0.102. The van der Waals surface area contributed by atoms with Crippen LogP contribution in [0.2, 0.25) is 0 Å². The molecule has 2 aromatic carbocycles. The number of hydrogen-bond donors (Lipinski definition) is 0. The lowest BCUT2D eigenvalue weighted by Crippen LogP contribution is -2.45. The molecule has 2 amide bonds. The fourth-order valence-corrected chi connectivity index (χ4v) is 5.42. The van der Waals surface area contributed by atoms with E-state index in [1.165, 1.54) is 5.56 Å². The second-order valence-electron chi connectivity index (χ2n) is 8.78. The van der Waals surface area contributed by atoms with E-state index in [-0.39, 0.29) is 23.3 Å². The van der Waals surface area contributed by atoms with Gasteiger partial charge in [0.1, 0.15) is 0 Å². The van der Waals surface area contributed by atoms with Crippen LogP contribution in [0.3, 0.4) is 0 Å². The van der Waals surface area contributed by atoms with Gasteiger partial charge in [-0.2, -0.15) is 0 Å². The van der Waals surface area contributed by atoms with Crippen molar-refractivity contribution in [1.82, 2.24) is 14.8 Å². The van der Waals surface area contributed by atoms with Crippen LogP contribution >= 0.6 is 0 Å². The van der Waals surface area contributed by atoms with Gasteiger partial charge in [-0.15, -0.1) is 0 Å². The van der Waals surface area contributed by atoms with Crippen LogP contribution in [-0.2, 0) is 16.8 Å². The molecule has 2 fully saturated rings. The van der Waals surface area contributed by atoms with E-state index in [0.29, 0.717) is 31.6 Å². The molecule has 2 saturated heterocycles. The van der Waals surface area contributed by atoms with E-state index < -0.39 is 0 Å². The highest BCUT2D eigenvalue weighted by atomic mass is 16.2. The van der Waals surface area contributed by atoms with E-state index in [0.717, 1.165) is 18.4 Å². The second kappa shape index (κ2) is 8.58. The van der Waals surface area contributed by atoms with Gasteiger partial charge < -0.3 is 9.80 Å². The monoisotopic (exact) mass is 425 g/mol. The molecule has 1 aromatic heterocycles. The van der Waals surface area contributed by atoms with Gasteiger partial charge >= 0.3 is 0 Å². The smallest absolute Gasteiger partial charge is 0.254 e. The maximum absolute atomic E-state index is 13.4. The molecule has 0 unspecified atom stereocenters. The molecule has 0 bridgehead atoms. The Hall–Kier alpha value is -3.47. The van der Waals surface area contributed by atoms with Gasteiger partial charge in [0.15, 0.2) is 0 Å². The van der Waals surface area contributed by atoms with Gasteiger partial charge in [0.25, 0.3) is 5.91 Å². The van der Waals surface area contributed by atoms with Crippen LogP contribution in [0.25, 0.3) is 0 Å². The van der Waals surface area contributed by atoms with Crippen LogP contribution in [0.5, 0.6) is 0 Å². The predicted molar refractivity (Wildman–Crippen MR) is 123 cm³/mol. The van der Waals surface area contributed by atoms with Crippen LogP contribution in [0.15, 0.2) is 85.2 Å². The average molecular weight is 426 g/mol. The van der Waals surface area contributed by atoms with E-state index in [9.17, 15) is 9.59 Å². The highest BCUT2D eigenvalue weighted by molar-refractivity contribution is 5.95. The zero-order valence-corrected chi connectivity index (χ0v) is 18.1. The molecule has 2 atom stereocenters. The van der Waals surface area contributed by atoms with Crippen LogP contribution < -0.4 is 0 Å². The average Bonchev–Trinajstić information content (AvgIpc) is 3.15. The third kappa shape index (κ3) is 3.68. The van der Waals surface area contributed by atoms with E-state index in [4.69, 9.17) is 0 Å². The third-order valence-electron chi connectivity index (χ3n) is 7.11. The SMILES string of the molecule is O=C1C[C@@H]2N(C(=O)c3ccncc3)CC[C@]2(c2ccccc2)CCN1Cc1ccccc1. The maximum Gasteiger partial charge on any atom is 0.254 e. The number of carbonyl (C=O) groups excluding carboxylic acids is 2. The summed E-state index contributed by atoms with van der Waals surface area (Å²) in [6, 6.07) is 23.9. The molecule has 0 radical (unpaired) electrons. The van der Waals surface area contributed by atoms with Crippen LogP contribution in [0.1, 0.15) is 40.7 Å². The number of benzene rings is 2. The standard InChI is InChI=1S/C27H27N3O2/c31-25-19-24-27(23-9-5-2-6-10-23,13-17-29(25)20-21-7-3-1-4-8-21)14-18-30(24)26(32)22-11-15-28-16-12-22/h1-12,15-16,24H,13-14,17-20H2/t24-,27-/m0/s1. The second-order valence-corrected chi connectivity index (χ2v) is 8.78. The first kappa shape index (κ1) is 20.4. The van der Waals surface area contributed by atoms with Crippen molar-refractivity contribution < 1.29 is 9.59 Å². The van der Waals surface area contributed by atoms with Gasteiger partial charge in [-0.1, -0.05) is 60.7 Å². The molecule has 2 aliphatic rings. The number of pyridine rings is 1. The zero-order valence-electron chi connectivity index (χ0n) is 18.1. The van der Waals surface area contributed by atoms with E-state index in [1.807, 2.05) is 34.1 Å². The highest BCUT2D eigenvalue weighted by Crippen LogP contribution is 2.46. The van der Waals surface area contributed by atoms with E-state index in [2.05, 4.69) is 41.4 Å². The number of hydrogen-bond acceptors (Lipinski definition) is 3. The number of nitrogens with zero attached hydrogens (tertiary/aromatic N) is 3. The summed E-state index contributed by atoms with van der Waals surface area (Å²) in [4.78, 5) is 34.8. The van der Waals surface area contributed by atoms with Crippen molar-refractivity contribution in [3.63, 3.8) is 0 Å². The van der Waals surface area contributed by atoms with Crippen LogP contribution in [-0.4, -0.2) is 45.7 Å². The van der Waals surface area contributed by atoms with Crippen molar-refractivity contribution in [2.45, 2.75) is 37.3 Å².